The smallest absolute Gasteiger partial charge is 0.268 e. The van der Waals surface area contributed by atoms with Crippen LogP contribution >= 0.6 is 11.3 Å². The summed E-state index contributed by atoms with van der Waals surface area (Å²) in [4.78, 5) is 21.8. The summed E-state index contributed by atoms with van der Waals surface area (Å²) in [6.45, 7) is -0.266. The van der Waals surface area contributed by atoms with Crippen molar-refractivity contribution >= 4 is 27.2 Å². The summed E-state index contributed by atoms with van der Waals surface area (Å²) in [7, 11) is 1.21. The Morgan fingerprint density at radius 1 is 1.17 bits per heavy atom. The van der Waals surface area contributed by atoms with E-state index in [1.807, 2.05) is 0 Å². The first-order valence-corrected chi connectivity index (χ1v) is 7.14. The number of hydrogen-bond acceptors (Lipinski definition) is 5. The van der Waals surface area contributed by atoms with Gasteiger partial charge in [-0.1, -0.05) is 0 Å². The molecule has 3 aromatic heterocycles. The molecule has 3 heterocycles. The fourth-order valence-corrected chi connectivity index (χ4v) is 2.84. The van der Waals surface area contributed by atoms with E-state index < -0.39 is 34.8 Å². The Kier molecular flexibility index (Phi) is 3.76. The van der Waals surface area contributed by atoms with Gasteiger partial charge in [0.1, 0.15) is 16.2 Å². The molecule has 3 rings (SSSR count). The first-order chi connectivity index (χ1) is 10.9. The van der Waals surface area contributed by atoms with E-state index in [1.54, 1.807) is 11.4 Å². The van der Waals surface area contributed by atoms with Crippen LogP contribution in [-0.2, 0) is 6.54 Å². The summed E-state index contributed by atoms with van der Waals surface area (Å²) in [5.74, 6) is -6.64. The molecule has 0 atom stereocenters. The minimum absolute atomic E-state index is 0.0971. The summed E-state index contributed by atoms with van der Waals surface area (Å²) in [6, 6.07) is 1.62. The zero-order valence-electron chi connectivity index (χ0n) is 11.5. The number of nitrogens with zero attached hydrogens (tertiary/aromatic N) is 3. The Morgan fingerprint density at radius 2 is 1.83 bits per heavy atom. The van der Waals surface area contributed by atoms with Crippen LogP contribution in [0.2, 0.25) is 0 Å². The molecule has 0 saturated heterocycles. The summed E-state index contributed by atoms with van der Waals surface area (Å²) in [5, 5.41) is 1.67. The normalized spacial score (nSPS) is 11.2. The van der Waals surface area contributed by atoms with E-state index in [0.29, 0.717) is 10.2 Å². The predicted octanol–water partition coefficient (Wildman–Crippen LogP) is 2.57. The molecule has 1 N–H and O–H groups in total. The lowest BCUT2D eigenvalue weighted by Gasteiger charge is -2.19. The zero-order valence-corrected chi connectivity index (χ0v) is 12.3. The van der Waals surface area contributed by atoms with Crippen molar-refractivity contribution in [3.8, 4) is 0 Å². The molecule has 0 fully saturated rings. The number of aromatic amines is 1. The second-order valence-electron chi connectivity index (χ2n) is 4.67. The van der Waals surface area contributed by atoms with E-state index >= 15 is 0 Å². The van der Waals surface area contributed by atoms with Gasteiger partial charge in [0.05, 0.1) is 12.1 Å². The number of aromatic nitrogens is 3. The third-order valence-electron chi connectivity index (χ3n) is 3.11. The van der Waals surface area contributed by atoms with Crippen molar-refractivity contribution in [1.82, 2.24) is 15.0 Å². The molecule has 10 heteroatoms. The highest BCUT2D eigenvalue weighted by atomic mass is 32.1. The number of H-pyrrole nitrogens is 1. The van der Waals surface area contributed by atoms with Crippen molar-refractivity contribution in [3.63, 3.8) is 0 Å². The van der Waals surface area contributed by atoms with Gasteiger partial charge in [-0.2, -0.15) is 22.5 Å². The van der Waals surface area contributed by atoms with Gasteiger partial charge in [0.15, 0.2) is 0 Å². The van der Waals surface area contributed by atoms with Crippen molar-refractivity contribution in [3.05, 3.63) is 51.2 Å². The Bertz CT molecular complexity index is 929. The molecule has 0 aliphatic heterocycles. The highest BCUT2D eigenvalue weighted by Crippen LogP contribution is 2.26. The molecular formula is C13H8F4N4OS. The quantitative estimate of drug-likeness (QED) is 0.586. The van der Waals surface area contributed by atoms with Crippen molar-refractivity contribution in [2.24, 2.45) is 0 Å². The van der Waals surface area contributed by atoms with Gasteiger partial charge in [-0.05, 0) is 11.4 Å². The van der Waals surface area contributed by atoms with Crippen molar-refractivity contribution in [2.75, 3.05) is 11.9 Å². The number of anilines is 1. The first-order valence-electron chi connectivity index (χ1n) is 6.26. The number of pyridine rings is 1. The monoisotopic (exact) mass is 344 g/mol. The number of fused-ring (bicyclic) bond motifs is 1. The van der Waals surface area contributed by atoms with Crippen molar-refractivity contribution < 1.29 is 17.6 Å². The van der Waals surface area contributed by atoms with Crippen LogP contribution in [0.1, 0.15) is 5.82 Å². The fourth-order valence-electron chi connectivity index (χ4n) is 2.11. The van der Waals surface area contributed by atoms with E-state index in [9.17, 15) is 22.4 Å². The second-order valence-corrected chi connectivity index (χ2v) is 5.59. The number of halogens is 4. The lowest BCUT2D eigenvalue weighted by atomic mass is 10.3. The maximum atomic E-state index is 13.7. The average molecular weight is 344 g/mol. The van der Waals surface area contributed by atoms with Crippen LogP contribution in [0.15, 0.2) is 16.2 Å². The van der Waals surface area contributed by atoms with E-state index in [-0.39, 0.29) is 12.4 Å². The van der Waals surface area contributed by atoms with Gasteiger partial charge in [-0.15, -0.1) is 11.3 Å². The van der Waals surface area contributed by atoms with E-state index in [2.05, 4.69) is 15.0 Å². The molecule has 0 aliphatic rings. The Labute approximate surface area is 130 Å². The fraction of sp³-hybridized carbons (Fsp3) is 0.154. The van der Waals surface area contributed by atoms with Crippen LogP contribution in [0.25, 0.3) is 10.2 Å². The number of nitrogens with one attached hydrogen (secondary N) is 1. The van der Waals surface area contributed by atoms with E-state index in [4.69, 9.17) is 0 Å². The second kappa shape index (κ2) is 5.61. The standard InChI is InChI=1S/C13H8F4N4OS/c1-21(9-7(14)11(16)20-12(17)8(9)15)4-6-18-5-2-3-23-10(5)13(22)19-6/h2-3H,4H2,1H3,(H,18,19,22). The van der Waals surface area contributed by atoms with Crippen molar-refractivity contribution in [1.29, 1.82) is 0 Å². The molecular weight excluding hydrogens is 336 g/mol. The highest BCUT2D eigenvalue weighted by Gasteiger charge is 2.24. The SMILES string of the molecule is CN(Cc1nc2ccsc2c(=O)[nH]1)c1c(F)c(F)nc(F)c1F. The van der Waals surface area contributed by atoms with Gasteiger partial charge >= 0.3 is 0 Å². The third-order valence-corrected chi connectivity index (χ3v) is 4.01. The first kappa shape index (κ1) is 15.4. The molecule has 0 amide bonds. The van der Waals surface area contributed by atoms with Crippen LogP contribution < -0.4 is 10.5 Å². The summed E-state index contributed by atoms with van der Waals surface area (Å²) in [5.41, 5.74) is -0.903. The number of hydrogen-bond donors (Lipinski definition) is 1. The average Bonchev–Trinajstić information content (AvgIpc) is 2.94. The highest BCUT2D eigenvalue weighted by molar-refractivity contribution is 7.17. The topological polar surface area (TPSA) is 61.9 Å². The summed E-state index contributed by atoms with van der Waals surface area (Å²) in [6.07, 6.45) is 0. The Balaban J connectivity index is 2.01. The van der Waals surface area contributed by atoms with Crippen LogP contribution in [-0.4, -0.2) is 22.0 Å². The Morgan fingerprint density at radius 3 is 2.48 bits per heavy atom. The minimum Gasteiger partial charge on any atom is -0.362 e. The van der Waals surface area contributed by atoms with Gasteiger partial charge in [0.2, 0.25) is 11.6 Å². The molecule has 0 unspecified atom stereocenters. The number of rotatable bonds is 3. The zero-order chi connectivity index (χ0) is 16.7. The predicted molar refractivity (Wildman–Crippen MR) is 76.4 cm³/mol. The third kappa shape index (κ3) is 2.65. The van der Waals surface area contributed by atoms with E-state index in [1.165, 1.54) is 18.4 Å². The van der Waals surface area contributed by atoms with Gasteiger partial charge in [0, 0.05) is 7.05 Å². The minimum atomic E-state index is -1.75. The van der Waals surface area contributed by atoms with Gasteiger partial charge in [-0.25, -0.2) is 4.98 Å². The lowest BCUT2D eigenvalue weighted by molar-refractivity contribution is 0.406. The molecule has 3 aromatic rings. The van der Waals surface area contributed by atoms with E-state index in [0.717, 1.165) is 4.90 Å². The molecule has 0 saturated carbocycles. The van der Waals surface area contributed by atoms with Crippen LogP contribution in [0.3, 0.4) is 0 Å². The molecule has 5 nitrogen and oxygen atoms in total. The molecule has 0 bridgehead atoms. The molecule has 0 spiro atoms. The molecule has 23 heavy (non-hydrogen) atoms. The van der Waals surface area contributed by atoms with Gasteiger partial charge < -0.3 is 9.88 Å². The van der Waals surface area contributed by atoms with Gasteiger partial charge in [0.25, 0.3) is 17.5 Å². The van der Waals surface area contributed by atoms with Crippen molar-refractivity contribution in [2.45, 2.75) is 6.54 Å². The van der Waals surface area contributed by atoms with Crippen LogP contribution in [0, 0.1) is 23.5 Å². The Hall–Kier alpha value is -2.49. The molecule has 0 aromatic carbocycles. The number of thiophene rings is 1. The maximum Gasteiger partial charge on any atom is 0.268 e. The van der Waals surface area contributed by atoms with Crippen LogP contribution in [0.4, 0.5) is 23.2 Å². The molecule has 0 radical (unpaired) electrons. The molecule has 0 aliphatic carbocycles. The molecule has 120 valence electrons. The van der Waals surface area contributed by atoms with Crippen LogP contribution in [0.5, 0.6) is 0 Å². The largest absolute Gasteiger partial charge is 0.362 e. The summed E-state index contributed by atoms with van der Waals surface area (Å²) >= 11 is 1.20. The maximum absolute atomic E-state index is 13.7. The lowest BCUT2D eigenvalue weighted by Crippen LogP contribution is -2.24. The summed E-state index contributed by atoms with van der Waals surface area (Å²) < 4.78 is 54.1. The van der Waals surface area contributed by atoms with Gasteiger partial charge in [-0.3, -0.25) is 4.79 Å².